The molecule has 1 aliphatic rings. The highest BCUT2D eigenvalue weighted by atomic mass is 127. The maximum absolute atomic E-state index is 13.3. The Morgan fingerprint density at radius 1 is 1.17 bits per heavy atom. The third-order valence-electron chi connectivity index (χ3n) is 5.79. The maximum atomic E-state index is 13.3. The number of rotatable bonds is 11. The van der Waals surface area contributed by atoms with Crippen molar-refractivity contribution < 1.29 is 24.5 Å². The molecule has 0 fully saturated rings. The fraction of sp³-hybridized carbons (Fsp3) is 0.333. The second-order valence-corrected chi connectivity index (χ2v) is 9.44. The Bertz CT molecular complexity index is 1040. The molecule has 0 heterocycles. The minimum atomic E-state index is -1.06. The number of allylic oxidation sites excluding steroid dienone is 1. The van der Waals surface area contributed by atoms with Crippen LogP contribution < -0.4 is 10.1 Å². The fourth-order valence-corrected chi connectivity index (χ4v) is 4.52. The van der Waals surface area contributed by atoms with Crippen molar-refractivity contribution >= 4 is 34.4 Å². The molecule has 0 bridgehead atoms. The summed E-state index contributed by atoms with van der Waals surface area (Å²) in [5, 5.41) is 23.2. The van der Waals surface area contributed by atoms with Gasteiger partial charge in [-0.25, -0.2) is 0 Å². The van der Waals surface area contributed by atoms with E-state index in [0.717, 1.165) is 9.13 Å². The number of para-hydroxylation sites is 1. The van der Waals surface area contributed by atoms with Crippen molar-refractivity contribution in [3.8, 4) is 5.75 Å². The molecule has 2 amide bonds. The molecule has 0 radical (unpaired) electrons. The van der Waals surface area contributed by atoms with Crippen LogP contribution in [0.5, 0.6) is 5.75 Å². The first kappa shape index (κ1) is 26.9. The lowest BCUT2D eigenvalue weighted by Crippen LogP contribution is -2.54. The molecule has 3 atom stereocenters. The zero-order valence-corrected chi connectivity index (χ0v) is 21.6. The van der Waals surface area contributed by atoms with E-state index in [9.17, 15) is 14.7 Å². The molecular formula is C27H31IN2O5. The van der Waals surface area contributed by atoms with Crippen LogP contribution >= 0.6 is 22.6 Å². The van der Waals surface area contributed by atoms with Crippen LogP contribution in [0, 0.1) is 3.57 Å². The van der Waals surface area contributed by atoms with E-state index in [1.807, 2.05) is 48.5 Å². The molecule has 3 N–H and O–H groups in total. The van der Waals surface area contributed by atoms with Gasteiger partial charge in [0, 0.05) is 31.5 Å². The molecule has 3 rings (SSSR count). The van der Waals surface area contributed by atoms with Crippen LogP contribution in [0.3, 0.4) is 0 Å². The number of hydrogen-bond donors (Lipinski definition) is 3. The minimum absolute atomic E-state index is 0.109. The van der Waals surface area contributed by atoms with Gasteiger partial charge in [-0.05, 0) is 52.8 Å². The number of aliphatic hydroxyl groups excluding tert-OH is 2. The number of ether oxygens (including phenoxy) is 1. The standard InChI is InChI=1S/C27H31IN2O5/c1-2-3-13-25(32)30(18-19-9-5-4-6-10-19)22-16-20(27(34)29-14-15-31)17-24(26(22)33)35-23-12-8-7-11-21(23)28/h2,4-12,17,22,24,26,31,33H,1,3,13-16,18H2,(H,29,34). The van der Waals surface area contributed by atoms with Crippen molar-refractivity contribution in [1.29, 1.82) is 0 Å². The van der Waals surface area contributed by atoms with Gasteiger partial charge in [0.1, 0.15) is 18.0 Å². The number of benzene rings is 2. The van der Waals surface area contributed by atoms with Crippen molar-refractivity contribution in [2.45, 2.75) is 44.1 Å². The SMILES string of the molecule is C=CCCC(=O)N(Cc1ccccc1)C1CC(C(=O)NCCO)=CC(Oc2ccccc2I)C1O. The number of aliphatic hydroxyl groups is 2. The van der Waals surface area contributed by atoms with E-state index in [-0.39, 0.29) is 37.8 Å². The number of nitrogens with one attached hydrogen (secondary N) is 1. The van der Waals surface area contributed by atoms with E-state index >= 15 is 0 Å². The summed E-state index contributed by atoms with van der Waals surface area (Å²) in [7, 11) is 0. The van der Waals surface area contributed by atoms with Gasteiger partial charge in [0.05, 0.1) is 16.2 Å². The van der Waals surface area contributed by atoms with Crippen molar-refractivity contribution in [2.24, 2.45) is 0 Å². The molecule has 2 aromatic carbocycles. The molecule has 2 aromatic rings. The number of carbonyl (C=O) groups excluding carboxylic acids is 2. The van der Waals surface area contributed by atoms with Gasteiger partial charge in [0.15, 0.2) is 0 Å². The number of halogens is 1. The van der Waals surface area contributed by atoms with Gasteiger partial charge in [-0.2, -0.15) is 0 Å². The largest absolute Gasteiger partial charge is 0.482 e. The number of carbonyl (C=O) groups is 2. The summed E-state index contributed by atoms with van der Waals surface area (Å²) in [6, 6.07) is 16.3. The first-order valence-corrected chi connectivity index (χ1v) is 12.7. The highest BCUT2D eigenvalue weighted by molar-refractivity contribution is 14.1. The molecule has 0 saturated heterocycles. The van der Waals surface area contributed by atoms with Crippen LogP contribution in [0.4, 0.5) is 0 Å². The first-order valence-electron chi connectivity index (χ1n) is 11.6. The van der Waals surface area contributed by atoms with Crippen LogP contribution in [0.1, 0.15) is 24.8 Å². The highest BCUT2D eigenvalue weighted by Gasteiger charge is 2.40. The second-order valence-electron chi connectivity index (χ2n) is 8.28. The predicted octanol–water partition coefficient (Wildman–Crippen LogP) is 3.20. The lowest BCUT2D eigenvalue weighted by molar-refractivity contribution is -0.139. The van der Waals surface area contributed by atoms with E-state index in [0.29, 0.717) is 24.3 Å². The van der Waals surface area contributed by atoms with Gasteiger partial charge >= 0.3 is 0 Å². The minimum Gasteiger partial charge on any atom is -0.482 e. The molecule has 0 spiro atoms. The molecule has 7 nitrogen and oxygen atoms in total. The van der Waals surface area contributed by atoms with Crippen LogP contribution in [0.15, 0.2) is 78.9 Å². The summed E-state index contributed by atoms with van der Waals surface area (Å²) in [4.78, 5) is 27.8. The van der Waals surface area contributed by atoms with Gasteiger partial charge in [0.2, 0.25) is 11.8 Å². The van der Waals surface area contributed by atoms with Crippen molar-refractivity contribution in [3.63, 3.8) is 0 Å². The van der Waals surface area contributed by atoms with Crippen molar-refractivity contribution in [2.75, 3.05) is 13.2 Å². The predicted molar refractivity (Wildman–Crippen MR) is 143 cm³/mol. The van der Waals surface area contributed by atoms with Crippen molar-refractivity contribution in [3.05, 3.63) is 88.0 Å². The maximum Gasteiger partial charge on any atom is 0.247 e. The zero-order chi connectivity index (χ0) is 25.2. The topological polar surface area (TPSA) is 99.1 Å². The number of nitrogens with zero attached hydrogens (tertiary/aromatic N) is 1. The van der Waals surface area contributed by atoms with E-state index in [1.54, 1.807) is 23.1 Å². The van der Waals surface area contributed by atoms with Crippen LogP contribution in [-0.4, -0.2) is 58.3 Å². The number of hydrogen-bond acceptors (Lipinski definition) is 5. The fourth-order valence-electron chi connectivity index (χ4n) is 4.01. The molecule has 8 heteroatoms. The average Bonchev–Trinajstić information content (AvgIpc) is 2.87. The highest BCUT2D eigenvalue weighted by Crippen LogP contribution is 2.30. The van der Waals surface area contributed by atoms with Gasteiger partial charge in [-0.15, -0.1) is 6.58 Å². The van der Waals surface area contributed by atoms with Gasteiger partial charge in [-0.3, -0.25) is 9.59 Å². The van der Waals surface area contributed by atoms with Gasteiger partial charge < -0.3 is 25.2 Å². The van der Waals surface area contributed by atoms with Crippen LogP contribution in [0.2, 0.25) is 0 Å². The van der Waals surface area contributed by atoms with Crippen molar-refractivity contribution in [1.82, 2.24) is 10.2 Å². The lowest BCUT2D eigenvalue weighted by atomic mass is 9.87. The average molecular weight is 590 g/mol. The summed E-state index contributed by atoms with van der Waals surface area (Å²) in [6.45, 7) is 3.92. The molecule has 0 aliphatic heterocycles. The molecule has 186 valence electrons. The third kappa shape index (κ3) is 7.39. The zero-order valence-electron chi connectivity index (χ0n) is 19.5. The van der Waals surface area contributed by atoms with Crippen LogP contribution in [0.25, 0.3) is 0 Å². The second kappa shape index (κ2) is 13.4. The molecule has 0 aromatic heterocycles. The Morgan fingerprint density at radius 3 is 2.57 bits per heavy atom. The van der Waals surface area contributed by atoms with Crippen LogP contribution in [-0.2, 0) is 16.1 Å². The lowest BCUT2D eigenvalue weighted by Gasteiger charge is -2.40. The Labute approximate surface area is 219 Å². The number of amides is 2. The first-order chi connectivity index (χ1) is 16.9. The van der Waals surface area contributed by atoms with Gasteiger partial charge in [-0.1, -0.05) is 48.5 Å². The molecule has 35 heavy (non-hydrogen) atoms. The summed E-state index contributed by atoms with van der Waals surface area (Å²) in [6.07, 6.45) is 2.32. The summed E-state index contributed by atoms with van der Waals surface area (Å²) in [5.41, 5.74) is 1.32. The molecule has 1 aliphatic carbocycles. The normalized spacial score (nSPS) is 19.4. The Kier molecular flexibility index (Phi) is 10.3. The van der Waals surface area contributed by atoms with E-state index in [1.165, 1.54) is 0 Å². The van der Waals surface area contributed by atoms with Gasteiger partial charge in [0.25, 0.3) is 0 Å². The Balaban J connectivity index is 1.96. The van der Waals surface area contributed by atoms with E-state index in [4.69, 9.17) is 9.84 Å². The smallest absolute Gasteiger partial charge is 0.247 e. The molecular weight excluding hydrogens is 559 g/mol. The monoisotopic (exact) mass is 590 g/mol. The Morgan fingerprint density at radius 2 is 1.89 bits per heavy atom. The summed E-state index contributed by atoms with van der Waals surface area (Å²) in [5.74, 6) is 0.0881. The quantitative estimate of drug-likeness (QED) is 0.276. The van der Waals surface area contributed by atoms with E-state index in [2.05, 4.69) is 34.5 Å². The molecule has 0 saturated carbocycles. The Hall–Kier alpha value is -2.69. The summed E-state index contributed by atoms with van der Waals surface area (Å²) >= 11 is 2.15. The van der Waals surface area contributed by atoms with E-state index < -0.39 is 18.2 Å². The third-order valence-corrected chi connectivity index (χ3v) is 6.68. The summed E-state index contributed by atoms with van der Waals surface area (Å²) < 4.78 is 7.02. The molecule has 3 unspecified atom stereocenters.